The molecule has 2 aromatic rings. The van der Waals surface area contributed by atoms with Crippen molar-refractivity contribution in [1.29, 1.82) is 0 Å². The van der Waals surface area contributed by atoms with Crippen molar-refractivity contribution in [1.82, 2.24) is 9.97 Å². The minimum Gasteiger partial charge on any atom is -0.378 e. The molecule has 1 aromatic carbocycles. The van der Waals surface area contributed by atoms with E-state index in [1.165, 1.54) is 0 Å². The Morgan fingerprint density at radius 2 is 1.75 bits per heavy atom. The molecule has 1 aliphatic carbocycles. The normalized spacial score (nSPS) is 17.5. The van der Waals surface area contributed by atoms with E-state index in [4.69, 9.17) is 4.74 Å². The molecule has 0 spiro atoms. The average Bonchev–Trinajstić information content (AvgIpc) is 3.25. The van der Waals surface area contributed by atoms with Crippen molar-refractivity contribution in [3.05, 3.63) is 36.0 Å². The van der Waals surface area contributed by atoms with Crippen LogP contribution < -0.4 is 15.5 Å². The molecule has 2 aliphatic rings. The molecule has 0 radical (unpaired) electrons. The molecule has 7 nitrogen and oxygen atoms in total. The lowest BCUT2D eigenvalue weighted by Crippen LogP contribution is -2.37. The number of carbonyl (C=O) groups excluding carboxylic acids is 1. The first-order chi connectivity index (χ1) is 13.7. The Morgan fingerprint density at radius 1 is 1.07 bits per heavy atom. The first-order valence-electron chi connectivity index (χ1n) is 10.0. The Labute approximate surface area is 165 Å². The van der Waals surface area contributed by atoms with Gasteiger partial charge in [0.15, 0.2) is 0 Å². The number of ether oxygens (including phenoxy) is 1. The highest BCUT2D eigenvalue weighted by Crippen LogP contribution is 2.26. The van der Waals surface area contributed by atoms with Crippen molar-refractivity contribution in [3.63, 3.8) is 0 Å². The van der Waals surface area contributed by atoms with Gasteiger partial charge in [0, 0.05) is 42.1 Å². The summed E-state index contributed by atoms with van der Waals surface area (Å²) in [6, 6.07) is 9.68. The SMILES string of the molecule is Cc1cc(Nc2ccc(NC(=O)C3CCCC3)cc2)nc(N2CCOCC2)n1. The van der Waals surface area contributed by atoms with Crippen LogP contribution in [0.4, 0.5) is 23.1 Å². The molecule has 4 rings (SSSR count). The summed E-state index contributed by atoms with van der Waals surface area (Å²) in [5, 5.41) is 6.36. The third kappa shape index (κ3) is 4.59. The second kappa shape index (κ2) is 8.56. The largest absolute Gasteiger partial charge is 0.378 e. The van der Waals surface area contributed by atoms with Crippen molar-refractivity contribution in [2.45, 2.75) is 32.6 Å². The number of aromatic nitrogens is 2. The zero-order chi connectivity index (χ0) is 19.3. The Morgan fingerprint density at radius 3 is 2.46 bits per heavy atom. The maximum atomic E-state index is 12.3. The van der Waals surface area contributed by atoms with Crippen LogP contribution in [0.2, 0.25) is 0 Å². The number of benzene rings is 1. The van der Waals surface area contributed by atoms with E-state index in [2.05, 4.69) is 25.5 Å². The van der Waals surface area contributed by atoms with Crippen LogP contribution in [0.1, 0.15) is 31.4 Å². The van der Waals surface area contributed by atoms with Gasteiger partial charge in [-0.05, 0) is 44.0 Å². The summed E-state index contributed by atoms with van der Waals surface area (Å²) in [6.07, 6.45) is 4.32. The monoisotopic (exact) mass is 381 g/mol. The number of morpholine rings is 1. The molecule has 148 valence electrons. The minimum atomic E-state index is 0.139. The van der Waals surface area contributed by atoms with Crippen molar-refractivity contribution >= 4 is 29.0 Å². The Balaban J connectivity index is 1.41. The van der Waals surface area contributed by atoms with Crippen LogP contribution in [0.25, 0.3) is 0 Å². The number of rotatable bonds is 5. The van der Waals surface area contributed by atoms with Crippen LogP contribution in [-0.2, 0) is 9.53 Å². The van der Waals surface area contributed by atoms with Crippen LogP contribution in [0.5, 0.6) is 0 Å². The number of anilines is 4. The predicted octanol–water partition coefficient (Wildman–Crippen LogP) is 3.49. The molecule has 1 aromatic heterocycles. The van der Waals surface area contributed by atoms with Crippen LogP contribution in [0.3, 0.4) is 0 Å². The molecule has 7 heteroatoms. The third-order valence-electron chi connectivity index (χ3n) is 5.29. The number of hydrogen-bond acceptors (Lipinski definition) is 6. The van der Waals surface area contributed by atoms with Gasteiger partial charge in [-0.25, -0.2) is 4.98 Å². The van der Waals surface area contributed by atoms with E-state index in [0.717, 1.165) is 67.6 Å². The first kappa shape index (κ1) is 18.7. The lowest BCUT2D eigenvalue weighted by atomic mass is 10.1. The van der Waals surface area contributed by atoms with Gasteiger partial charge in [-0.1, -0.05) is 12.8 Å². The van der Waals surface area contributed by atoms with E-state index in [0.29, 0.717) is 13.2 Å². The lowest BCUT2D eigenvalue weighted by molar-refractivity contribution is -0.119. The highest BCUT2D eigenvalue weighted by Gasteiger charge is 2.22. The fourth-order valence-electron chi connectivity index (χ4n) is 3.74. The molecule has 2 heterocycles. The molecule has 1 aliphatic heterocycles. The van der Waals surface area contributed by atoms with Gasteiger partial charge in [0.2, 0.25) is 11.9 Å². The maximum Gasteiger partial charge on any atom is 0.227 e. The van der Waals surface area contributed by atoms with Gasteiger partial charge in [-0.3, -0.25) is 4.79 Å². The molecule has 2 N–H and O–H groups in total. The number of amides is 1. The molecule has 1 saturated heterocycles. The van der Waals surface area contributed by atoms with E-state index in [9.17, 15) is 4.79 Å². The van der Waals surface area contributed by atoms with Crippen molar-refractivity contribution < 1.29 is 9.53 Å². The number of aryl methyl sites for hydroxylation is 1. The number of carbonyl (C=O) groups is 1. The molecule has 0 bridgehead atoms. The molecular formula is C21H27N5O2. The Bertz CT molecular complexity index is 812. The lowest BCUT2D eigenvalue weighted by Gasteiger charge is -2.27. The molecular weight excluding hydrogens is 354 g/mol. The molecule has 2 fully saturated rings. The summed E-state index contributed by atoms with van der Waals surface area (Å²) in [6.45, 7) is 4.98. The molecule has 0 atom stereocenters. The summed E-state index contributed by atoms with van der Waals surface area (Å²) in [7, 11) is 0. The van der Waals surface area contributed by atoms with Gasteiger partial charge in [-0.2, -0.15) is 4.98 Å². The predicted molar refractivity (Wildman–Crippen MR) is 110 cm³/mol. The summed E-state index contributed by atoms with van der Waals surface area (Å²) in [4.78, 5) is 23.6. The van der Waals surface area contributed by atoms with Crippen LogP contribution >= 0.6 is 0 Å². The molecule has 1 saturated carbocycles. The van der Waals surface area contributed by atoms with E-state index < -0.39 is 0 Å². The molecule has 28 heavy (non-hydrogen) atoms. The first-order valence-corrected chi connectivity index (χ1v) is 10.0. The molecule has 1 amide bonds. The topological polar surface area (TPSA) is 79.4 Å². The second-order valence-electron chi connectivity index (χ2n) is 7.47. The fourth-order valence-corrected chi connectivity index (χ4v) is 3.74. The van der Waals surface area contributed by atoms with Crippen molar-refractivity contribution in [3.8, 4) is 0 Å². The van der Waals surface area contributed by atoms with E-state index >= 15 is 0 Å². The zero-order valence-electron chi connectivity index (χ0n) is 16.3. The molecule has 0 unspecified atom stereocenters. The quantitative estimate of drug-likeness (QED) is 0.825. The number of nitrogens with zero attached hydrogens (tertiary/aromatic N) is 3. The van der Waals surface area contributed by atoms with Crippen molar-refractivity contribution in [2.24, 2.45) is 5.92 Å². The standard InChI is InChI=1S/C21H27N5O2/c1-15-14-19(25-21(22-15)26-10-12-28-13-11-26)23-17-6-8-18(9-7-17)24-20(27)16-4-2-3-5-16/h6-9,14,16H,2-5,10-13H2,1H3,(H,24,27)(H,22,23,25). The van der Waals surface area contributed by atoms with Crippen LogP contribution in [-0.4, -0.2) is 42.2 Å². The number of hydrogen-bond donors (Lipinski definition) is 2. The van der Waals surface area contributed by atoms with Crippen molar-refractivity contribution in [2.75, 3.05) is 41.8 Å². The second-order valence-corrected chi connectivity index (χ2v) is 7.47. The van der Waals surface area contributed by atoms with Gasteiger partial charge in [-0.15, -0.1) is 0 Å². The fraction of sp³-hybridized carbons (Fsp3) is 0.476. The Hall–Kier alpha value is -2.67. The smallest absolute Gasteiger partial charge is 0.227 e. The third-order valence-corrected chi connectivity index (χ3v) is 5.29. The number of nitrogens with one attached hydrogen (secondary N) is 2. The highest BCUT2D eigenvalue weighted by molar-refractivity contribution is 5.92. The van der Waals surface area contributed by atoms with Gasteiger partial charge >= 0.3 is 0 Å². The van der Waals surface area contributed by atoms with Crippen LogP contribution in [0, 0.1) is 12.8 Å². The van der Waals surface area contributed by atoms with Gasteiger partial charge in [0.25, 0.3) is 0 Å². The Kier molecular flexibility index (Phi) is 5.71. The maximum absolute atomic E-state index is 12.3. The van der Waals surface area contributed by atoms with Gasteiger partial charge in [0.1, 0.15) is 5.82 Å². The van der Waals surface area contributed by atoms with Crippen LogP contribution in [0.15, 0.2) is 30.3 Å². The van der Waals surface area contributed by atoms with E-state index in [-0.39, 0.29) is 11.8 Å². The van der Waals surface area contributed by atoms with E-state index in [1.54, 1.807) is 0 Å². The van der Waals surface area contributed by atoms with Gasteiger partial charge in [0.05, 0.1) is 13.2 Å². The summed E-state index contributed by atoms with van der Waals surface area (Å²) >= 11 is 0. The minimum absolute atomic E-state index is 0.139. The van der Waals surface area contributed by atoms with Gasteiger partial charge < -0.3 is 20.3 Å². The summed E-state index contributed by atoms with van der Waals surface area (Å²) in [5.74, 6) is 1.79. The zero-order valence-corrected chi connectivity index (χ0v) is 16.3. The summed E-state index contributed by atoms with van der Waals surface area (Å²) < 4.78 is 5.41. The van der Waals surface area contributed by atoms with E-state index in [1.807, 2.05) is 37.3 Å². The highest BCUT2D eigenvalue weighted by atomic mass is 16.5. The average molecular weight is 381 g/mol. The summed E-state index contributed by atoms with van der Waals surface area (Å²) in [5.41, 5.74) is 2.67.